The van der Waals surface area contributed by atoms with Gasteiger partial charge in [0.1, 0.15) is 11.7 Å². The largest absolute Gasteiger partial charge is 0.511 e. The first-order valence-electron chi connectivity index (χ1n) is 8.19. The maximum absolute atomic E-state index is 12.7. The van der Waals surface area contributed by atoms with Crippen molar-refractivity contribution in [1.82, 2.24) is 0 Å². The van der Waals surface area contributed by atoms with Crippen molar-refractivity contribution in [1.29, 1.82) is 0 Å². The zero-order valence-corrected chi connectivity index (χ0v) is 15.0. The van der Waals surface area contributed by atoms with Crippen molar-refractivity contribution in [3.05, 3.63) is 35.6 Å². The van der Waals surface area contributed by atoms with E-state index in [1.807, 2.05) is 6.92 Å². The summed E-state index contributed by atoms with van der Waals surface area (Å²) in [6.45, 7) is 5.35. The van der Waals surface area contributed by atoms with Crippen LogP contribution in [0.25, 0.3) is 0 Å². The van der Waals surface area contributed by atoms with Crippen LogP contribution in [0.3, 0.4) is 0 Å². The number of Topliss-reactive ketones (excluding diaryl/α,β-unsaturated/α-hetero) is 1. The lowest BCUT2D eigenvalue weighted by Gasteiger charge is -2.36. The summed E-state index contributed by atoms with van der Waals surface area (Å²) in [7, 11) is 1.27. The number of methoxy groups -OCH3 is 1. The summed E-state index contributed by atoms with van der Waals surface area (Å²) in [5.74, 6) is -1.99. The van der Waals surface area contributed by atoms with Crippen molar-refractivity contribution in [2.24, 2.45) is 16.3 Å². The normalized spacial score (nSPS) is 20.6. The summed E-state index contributed by atoms with van der Waals surface area (Å²) >= 11 is 0. The second kappa shape index (κ2) is 7.09. The highest BCUT2D eigenvalue weighted by Gasteiger charge is 2.47. The molecule has 6 nitrogen and oxygen atoms in total. The fourth-order valence-corrected chi connectivity index (χ4v) is 3.17. The van der Waals surface area contributed by atoms with Crippen LogP contribution in [0.1, 0.15) is 33.6 Å². The van der Waals surface area contributed by atoms with Gasteiger partial charge in [0.05, 0.1) is 29.8 Å². The van der Waals surface area contributed by atoms with E-state index < -0.39 is 17.3 Å². The highest BCUT2D eigenvalue weighted by molar-refractivity contribution is 6.24. The molecule has 0 aromatic heterocycles. The molecule has 0 heterocycles. The fourth-order valence-electron chi connectivity index (χ4n) is 3.17. The number of hydrogen-bond donors (Lipinski definition) is 2. The Morgan fingerprint density at radius 3 is 2.60 bits per heavy atom. The van der Waals surface area contributed by atoms with E-state index in [1.165, 1.54) is 7.11 Å². The molecular weight excluding hydrogens is 320 g/mol. The van der Waals surface area contributed by atoms with Crippen molar-refractivity contribution < 1.29 is 19.4 Å². The minimum absolute atomic E-state index is 0.0977. The Morgan fingerprint density at radius 1 is 1.40 bits per heavy atom. The maximum Gasteiger partial charge on any atom is 0.316 e. The van der Waals surface area contributed by atoms with E-state index in [0.29, 0.717) is 23.5 Å². The Balaban J connectivity index is 2.62. The van der Waals surface area contributed by atoms with E-state index in [1.54, 1.807) is 38.1 Å². The summed E-state index contributed by atoms with van der Waals surface area (Å²) in [6, 6.07) is 7.03. The minimum atomic E-state index is -0.907. The zero-order chi connectivity index (χ0) is 18.8. The molecule has 0 bridgehead atoms. The second-order valence-electron chi connectivity index (χ2n) is 6.78. The molecule has 0 fully saturated rings. The summed E-state index contributed by atoms with van der Waals surface area (Å²) in [5.41, 5.74) is 6.68. The summed E-state index contributed by atoms with van der Waals surface area (Å²) < 4.78 is 4.83. The number of hydrogen-bond acceptors (Lipinski definition) is 6. The number of aliphatic hydroxyl groups excluding tert-OH is 1. The van der Waals surface area contributed by atoms with Gasteiger partial charge >= 0.3 is 5.97 Å². The lowest BCUT2D eigenvalue weighted by Crippen LogP contribution is -2.41. The summed E-state index contributed by atoms with van der Waals surface area (Å²) in [4.78, 5) is 29.3. The molecule has 1 aromatic rings. The quantitative estimate of drug-likeness (QED) is 0.495. The van der Waals surface area contributed by atoms with Gasteiger partial charge < -0.3 is 15.6 Å². The number of para-hydroxylation sites is 2. The molecule has 0 saturated heterocycles. The van der Waals surface area contributed by atoms with Gasteiger partial charge in [-0.25, -0.2) is 0 Å². The van der Waals surface area contributed by atoms with Crippen LogP contribution < -0.4 is 5.73 Å². The lowest BCUT2D eigenvalue weighted by molar-refractivity contribution is -0.150. The number of aliphatic hydroxyl groups is 1. The van der Waals surface area contributed by atoms with Crippen molar-refractivity contribution in [2.75, 3.05) is 12.8 Å². The number of allylic oxidation sites excluding steroid dienone is 1. The molecule has 1 aliphatic rings. The van der Waals surface area contributed by atoms with Crippen LogP contribution in [0.15, 0.2) is 40.6 Å². The molecule has 2 rings (SSSR count). The van der Waals surface area contributed by atoms with Gasteiger partial charge in [0.25, 0.3) is 0 Å². The number of rotatable bonds is 4. The number of nitrogens with zero attached hydrogens (tertiary/aromatic N) is 1. The molecule has 0 aliphatic heterocycles. The van der Waals surface area contributed by atoms with Crippen molar-refractivity contribution >= 4 is 28.8 Å². The van der Waals surface area contributed by atoms with Crippen LogP contribution in [0.5, 0.6) is 0 Å². The molecule has 134 valence electrons. The number of anilines is 1. The van der Waals surface area contributed by atoms with Gasteiger partial charge in [-0.3, -0.25) is 14.6 Å². The molecule has 0 radical (unpaired) electrons. The predicted molar refractivity (Wildman–Crippen MR) is 96.8 cm³/mol. The molecular formula is C19H24N2O4. The number of nitrogens with two attached hydrogens (primary N) is 1. The first kappa shape index (κ1) is 18.7. The van der Waals surface area contributed by atoms with E-state index in [2.05, 4.69) is 4.99 Å². The third-order valence-electron chi connectivity index (χ3n) is 4.46. The van der Waals surface area contributed by atoms with E-state index in [-0.39, 0.29) is 23.5 Å². The molecule has 0 spiro atoms. The Morgan fingerprint density at radius 2 is 2.04 bits per heavy atom. The Kier molecular flexibility index (Phi) is 5.30. The predicted octanol–water partition coefficient (Wildman–Crippen LogP) is 3.35. The van der Waals surface area contributed by atoms with Crippen LogP contribution in [-0.2, 0) is 14.3 Å². The van der Waals surface area contributed by atoms with Crippen LogP contribution in [-0.4, -0.2) is 29.7 Å². The van der Waals surface area contributed by atoms with E-state index in [0.717, 1.165) is 0 Å². The first-order chi connectivity index (χ1) is 11.7. The molecule has 1 aromatic carbocycles. The molecule has 0 unspecified atom stereocenters. The fraction of sp³-hybridized carbons (Fsp3) is 0.421. The highest BCUT2D eigenvalue weighted by atomic mass is 16.5. The van der Waals surface area contributed by atoms with Gasteiger partial charge in [-0.05, 0) is 24.0 Å². The molecule has 0 amide bonds. The van der Waals surface area contributed by atoms with Crippen molar-refractivity contribution in [3.63, 3.8) is 0 Å². The second-order valence-corrected chi connectivity index (χ2v) is 6.78. The van der Waals surface area contributed by atoms with Crippen molar-refractivity contribution in [3.8, 4) is 0 Å². The van der Waals surface area contributed by atoms with Gasteiger partial charge in [-0.1, -0.05) is 32.9 Å². The number of carbonyl (C=O) groups is 2. The third kappa shape index (κ3) is 3.57. The topological polar surface area (TPSA) is 102 Å². The number of ketones is 1. The molecule has 25 heavy (non-hydrogen) atoms. The van der Waals surface area contributed by atoms with E-state index in [9.17, 15) is 14.7 Å². The average molecular weight is 344 g/mol. The van der Waals surface area contributed by atoms with Crippen LogP contribution >= 0.6 is 0 Å². The van der Waals surface area contributed by atoms with Gasteiger partial charge in [0.2, 0.25) is 0 Å². The molecule has 1 aliphatic carbocycles. The number of aliphatic imine (C=N–C) groups is 1. The van der Waals surface area contributed by atoms with Crippen molar-refractivity contribution in [2.45, 2.75) is 33.6 Å². The van der Waals surface area contributed by atoms with Gasteiger partial charge in [-0.2, -0.15) is 0 Å². The Hall–Kier alpha value is -2.63. The number of carbonyl (C=O) groups excluding carboxylic acids is 2. The average Bonchev–Trinajstić information content (AvgIpc) is 2.54. The Labute approximate surface area is 147 Å². The zero-order valence-electron chi connectivity index (χ0n) is 15.0. The Bertz CT molecular complexity index is 762. The van der Waals surface area contributed by atoms with E-state index in [4.69, 9.17) is 10.5 Å². The minimum Gasteiger partial charge on any atom is -0.511 e. The van der Waals surface area contributed by atoms with Gasteiger partial charge in [-0.15, -0.1) is 0 Å². The third-order valence-corrected chi connectivity index (χ3v) is 4.46. The van der Waals surface area contributed by atoms with Crippen LogP contribution in [0.4, 0.5) is 11.4 Å². The standard InChI is InChI=1S/C19H24N2O4/c1-5-12(21-13-9-7-6-8-11(13)20)15-14(22)10-19(2,3)16(17(15)23)18(24)25-4/h6-9,16,23H,5,10,20H2,1-4H3/t16-/m1/s1. The van der Waals surface area contributed by atoms with Crippen LogP contribution in [0.2, 0.25) is 0 Å². The molecule has 0 saturated carbocycles. The number of benzene rings is 1. The van der Waals surface area contributed by atoms with E-state index >= 15 is 0 Å². The number of nitrogen functional groups attached to an aromatic ring is 1. The van der Waals surface area contributed by atoms with Gasteiger partial charge in [0, 0.05) is 6.42 Å². The highest BCUT2D eigenvalue weighted by Crippen LogP contribution is 2.42. The number of esters is 1. The molecule has 6 heteroatoms. The summed E-state index contributed by atoms with van der Waals surface area (Å²) in [6.07, 6.45) is 0.531. The first-order valence-corrected chi connectivity index (χ1v) is 8.19. The van der Waals surface area contributed by atoms with Crippen LogP contribution in [0, 0.1) is 11.3 Å². The summed E-state index contributed by atoms with van der Waals surface area (Å²) in [5, 5.41) is 10.7. The molecule has 1 atom stereocenters. The maximum atomic E-state index is 12.7. The molecule has 3 N–H and O–H groups in total. The number of ether oxygens (including phenoxy) is 1. The lowest BCUT2D eigenvalue weighted by atomic mass is 9.67. The SMILES string of the molecule is CCC(=Nc1ccccc1N)C1=C(O)[C@H](C(=O)OC)C(C)(C)CC1=O. The monoisotopic (exact) mass is 344 g/mol. The van der Waals surface area contributed by atoms with Gasteiger partial charge in [0.15, 0.2) is 5.78 Å². The smallest absolute Gasteiger partial charge is 0.316 e.